The molecule has 10 heteroatoms. The Balaban J connectivity index is 3.73. The average Bonchev–Trinajstić information content (AvgIpc) is 2.62. The highest BCUT2D eigenvalue weighted by Crippen LogP contribution is 2.62. The van der Waals surface area contributed by atoms with E-state index >= 15 is 0 Å². The van der Waals surface area contributed by atoms with E-state index in [-0.39, 0.29) is 27.6 Å². The molecule has 0 aromatic heterocycles. The van der Waals surface area contributed by atoms with Crippen LogP contribution in [0.3, 0.4) is 0 Å². The molecule has 0 aliphatic carbocycles. The molecule has 32 heavy (non-hydrogen) atoms. The van der Waals surface area contributed by atoms with Crippen LogP contribution in [0.15, 0.2) is 0 Å². The number of rotatable bonds is 16. The molecule has 1 aliphatic heterocycles. The first kappa shape index (κ1) is 31.4. The molecule has 3 nitrogen and oxygen atoms in total. The largest absolute Gasteiger partial charge is 0.475 e. The Morgan fingerprint density at radius 3 is 1.69 bits per heavy atom. The van der Waals surface area contributed by atoms with E-state index in [4.69, 9.17) is 12.3 Å². The molecule has 2 unspecified atom stereocenters. The molecule has 1 heterocycles. The Morgan fingerprint density at radius 1 is 0.812 bits per heavy atom. The van der Waals surface area contributed by atoms with Crippen molar-refractivity contribution < 1.29 is 12.3 Å². The van der Waals surface area contributed by atoms with Gasteiger partial charge in [0, 0.05) is 22.1 Å². The van der Waals surface area contributed by atoms with E-state index < -0.39 is 33.5 Å². The topological polar surface area (TPSA) is 27.7 Å². The van der Waals surface area contributed by atoms with Crippen molar-refractivity contribution in [1.29, 1.82) is 0 Å². The van der Waals surface area contributed by atoms with Crippen molar-refractivity contribution >= 4 is 59.2 Å². The lowest BCUT2D eigenvalue weighted by Gasteiger charge is -2.59. The molecule has 2 atom stereocenters. The minimum Gasteiger partial charge on any atom is -0.426 e. The third-order valence-corrected chi connectivity index (χ3v) is 95.9. The van der Waals surface area contributed by atoms with Crippen LogP contribution in [0.25, 0.3) is 0 Å². The SMILES string of the molecule is CCCC(CCC)C(C)(CCC)C(C)(C)[Si](O[SiH]1[SiH2][SiH2][SiH2]1)(O[Si](C)(C)C)O[Si](C)(C)CC. The van der Waals surface area contributed by atoms with Gasteiger partial charge < -0.3 is 12.3 Å². The van der Waals surface area contributed by atoms with Crippen LogP contribution in [0.1, 0.15) is 87.0 Å². The molecule has 0 saturated carbocycles. The maximum Gasteiger partial charge on any atom is 0.475 e. The fourth-order valence-electron chi connectivity index (χ4n) is 5.39. The number of hydrogen-bond acceptors (Lipinski definition) is 3. The summed E-state index contributed by atoms with van der Waals surface area (Å²) in [7, 11) is -6.61. The Morgan fingerprint density at radius 2 is 1.34 bits per heavy atom. The van der Waals surface area contributed by atoms with E-state index in [1.807, 2.05) is 0 Å². The summed E-state index contributed by atoms with van der Waals surface area (Å²) in [5, 5.41) is -0.0440. The van der Waals surface area contributed by atoms with Crippen LogP contribution in [0.5, 0.6) is 0 Å². The van der Waals surface area contributed by atoms with E-state index in [0.29, 0.717) is 8.55 Å². The van der Waals surface area contributed by atoms with Crippen LogP contribution < -0.4 is 0 Å². The van der Waals surface area contributed by atoms with Crippen LogP contribution in [-0.2, 0) is 12.3 Å². The van der Waals surface area contributed by atoms with Crippen molar-refractivity contribution in [1.82, 2.24) is 0 Å². The minimum atomic E-state index is -2.86. The summed E-state index contributed by atoms with van der Waals surface area (Å²) in [5.41, 5.74) is 0.191. The molecule has 0 radical (unpaired) electrons. The third kappa shape index (κ3) is 7.70. The minimum absolute atomic E-state index is 0.0440. The lowest BCUT2D eigenvalue weighted by atomic mass is 9.63. The Hall–Kier alpha value is 1.40. The third-order valence-electron chi connectivity index (χ3n) is 8.21. The summed E-state index contributed by atoms with van der Waals surface area (Å²) >= 11 is 0. The van der Waals surface area contributed by atoms with E-state index in [0.717, 1.165) is 12.0 Å². The van der Waals surface area contributed by atoms with Crippen molar-refractivity contribution in [3.05, 3.63) is 0 Å². The van der Waals surface area contributed by atoms with Gasteiger partial charge in [0.1, 0.15) is 8.08 Å². The molecule has 192 valence electrons. The second-order valence-electron chi connectivity index (χ2n) is 12.7. The first-order chi connectivity index (χ1) is 14.6. The smallest absolute Gasteiger partial charge is 0.426 e. The van der Waals surface area contributed by atoms with Gasteiger partial charge in [0.2, 0.25) is 0 Å². The quantitative estimate of drug-likeness (QED) is 0.249. The second kappa shape index (κ2) is 12.6. The van der Waals surface area contributed by atoms with Crippen molar-refractivity contribution in [3.63, 3.8) is 0 Å². The summed E-state index contributed by atoms with van der Waals surface area (Å²) in [6.45, 7) is 29.1. The van der Waals surface area contributed by atoms with Crippen LogP contribution >= 0.6 is 0 Å². The lowest BCUT2D eigenvalue weighted by Crippen LogP contribution is -2.71. The summed E-state index contributed by atoms with van der Waals surface area (Å²) in [6.07, 6.45) is 7.65. The van der Waals surface area contributed by atoms with Gasteiger partial charge >= 0.3 is 8.80 Å². The normalized spacial score (nSPS) is 24.1. The molecule has 1 rings (SSSR count). The zero-order valence-corrected chi connectivity index (χ0v) is 32.3. The van der Waals surface area contributed by atoms with Crippen molar-refractivity contribution in [2.45, 2.75) is 131 Å². The second-order valence-corrected chi connectivity index (χ2v) is 60.5. The summed E-state index contributed by atoms with van der Waals surface area (Å²) in [5.74, 6) is 0.718. The zero-order chi connectivity index (χ0) is 24.8. The maximum atomic E-state index is 7.51. The van der Waals surface area contributed by atoms with Gasteiger partial charge in [-0.15, -0.1) is 0 Å². The summed E-state index contributed by atoms with van der Waals surface area (Å²) < 4.78 is 22.4. The molecule has 0 amide bonds. The first-order valence-electron chi connectivity index (χ1n) is 13.7. The zero-order valence-electron chi connectivity index (χ0n) is 24.0. The fraction of sp³-hybridized carbons (Fsp3) is 1.00. The monoisotopic (exact) mass is 566 g/mol. The predicted octanol–water partition coefficient (Wildman–Crippen LogP) is 4.91. The standard InChI is InChI=1S/C22H58O3Si7/c1-13-17-20(18-14-2)22(7,19-15-3)21(5,6)32(24-30(8,9)10,23-29-27-26-28-29)25-31(11,12)16-4/h20,29H,13-19,26-28H2,1-12H3. The molecule has 0 aromatic rings. The fourth-order valence-corrected chi connectivity index (χ4v) is 62.9. The molecular weight excluding hydrogens is 509 g/mol. The highest BCUT2D eigenvalue weighted by molar-refractivity contribution is 7.80. The Bertz CT molecular complexity index is 560. The van der Waals surface area contributed by atoms with Gasteiger partial charge in [-0.3, -0.25) is 0 Å². The van der Waals surface area contributed by atoms with Crippen molar-refractivity contribution in [3.8, 4) is 0 Å². The van der Waals surface area contributed by atoms with E-state index in [2.05, 4.69) is 81.2 Å². The molecule has 1 aliphatic rings. The van der Waals surface area contributed by atoms with Crippen molar-refractivity contribution in [2.75, 3.05) is 0 Å². The first-order valence-corrected chi connectivity index (χ1v) is 37.0. The van der Waals surface area contributed by atoms with Gasteiger partial charge in [-0.25, -0.2) is 0 Å². The van der Waals surface area contributed by atoms with Crippen LogP contribution in [0.4, 0.5) is 0 Å². The Labute approximate surface area is 212 Å². The van der Waals surface area contributed by atoms with E-state index in [1.54, 1.807) is 0 Å². The summed E-state index contributed by atoms with van der Waals surface area (Å²) in [4.78, 5) is 0. The highest BCUT2D eigenvalue weighted by atomic mass is 30.1. The number of hydrogen-bond donors (Lipinski definition) is 0. The molecular formula is C22H58O3Si7. The molecule has 0 aromatic carbocycles. The maximum absolute atomic E-state index is 7.51. The van der Waals surface area contributed by atoms with Gasteiger partial charge in [-0.05, 0) is 65.1 Å². The Kier molecular flexibility index (Phi) is 12.4. The van der Waals surface area contributed by atoms with Gasteiger partial charge in [0.05, 0.1) is 0 Å². The predicted molar refractivity (Wildman–Crippen MR) is 163 cm³/mol. The van der Waals surface area contributed by atoms with Gasteiger partial charge in [-0.2, -0.15) is 0 Å². The highest BCUT2D eigenvalue weighted by Gasteiger charge is 2.67. The van der Waals surface area contributed by atoms with Crippen LogP contribution in [0.2, 0.25) is 43.8 Å². The molecule has 0 spiro atoms. The van der Waals surface area contributed by atoms with Gasteiger partial charge in [0.25, 0.3) is 0 Å². The van der Waals surface area contributed by atoms with Crippen LogP contribution in [0, 0.1) is 11.3 Å². The molecule has 1 fully saturated rings. The molecule has 0 bridgehead atoms. The lowest BCUT2D eigenvalue weighted by molar-refractivity contribution is 0.0489. The van der Waals surface area contributed by atoms with E-state index in [9.17, 15) is 0 Å². The van der Waals surface area contributed by atoms with Crippen molar-refractivity contribution in [2.24, 2.45) is 11.3 Å². The average molecular weight is 567 g/mol. The van der Waals surface area contributed by atoms with Gasteiger partial charge in [-0.1, -0.05) is 80.6 Å². The summed E-state index contributed by atoms with van der Waals surface area (Å²) in [6, 6.07) is 1.14. The molecule has 1 saturated heterocycles. The van der Waals surface area contributed by atoms with Crippen LogP contribution in [-0.4, -0.2) is 59.2 Å². The van der Waals surface area contributed by atoms with Gasteiger partial charge in [0.15, 0.2) is 16.6 Å². The molecule has 0 N–H and O–H groups in total. The van der Waals surface area contributed by atoms with E-state index in [1.165, 1.54) is 38.5 Å².